The summed E-state index contributed by atoms with van der Waals surface area (Å²) in [6.07, 6.45) is -0.473. The number of carboxylic acid groups (broad SMARTS) is 2. The Balaban J connectivity index is 3.83. The zero-order valence-electron chi connectivity index (χ0n) is 4.94. The van der Waals surface area contributed by atoms with Gasteiger partial charge in [-0.25, -0.2) is 0 Å². The molecule has 0 saturated carbocycles. The van der Waals surface area contributed by atoms with E-state index in [9.17, 15) is 9.59 Å². The minimum absolute atomic E-state index is 0.473. The number of hydrogen-bond acceptors (Lipinski definition) is 4. The highest BCUT2D eigenvalue weighted by Gasteiger charge is 2.18. The number of carboxylic acids is 2. The highest BCUT2D eigenvalue weighted by atomic mass is 32.1. The molecule has 0 spiro atoms. The maximum atomic E-state index is 10.1. The van der Waals surface area contributed by atoms with Crippen molar-refractivity contribution in [2.24, 2.45) is 0 Å². The summed E-state index contributed by atoms with van der Waals surface area (Å²) in [6, 6.07) is -1.12. The Morgan fingerprint density at radius 2 is 2.00 bits per heavy atom. The Kier molecular flexibility index (Phi) is 3.82. The van der Waals surface area contributed by atoms with Crippen molar-refractivity contribution in [1.29, 1.82) is 0 Å². The Morgan fingerprint density at radius 1 is 1.50 bits per heavy atom. The number of hydrogen-bond donors (Lipinski definition) is 4. The molecule has 5 nitrogen and oxygen atoms in total. The molecular formula is C4H7NO4S. The second kappa shape index (κ2) is 4.13. The second-order valence-corrected chi connectivity index (χ2v) is 1.88. The molecular weight excluding hydrogens is 158 g/mol. The van der Waals surface area contributed by atoms with Crippen molar-refractivity contribution in [3.8, 4) is 0 Å². The number of carbonyl (C=O) groups is 2. The summed E-state index contributed by atoms with van der Waals surface area (Å²) in [7, 11) is 0. The van der Waals surface area contributed by atoms with Crippen LogP contribution in [0.5, 0.6) is 0 Å². The van der Waals surface area contributed by atoms with E-state index in [1.807, 2.05) is 4.72 Å². The highest BCUT2D eigenvalue weighted by molar-refractivity contribution is 7.78. The van der Waals surface area contributed by atoms with Crippen LogP contribution < -0.4 is 4.72 Å². The van der Waals surface area contributed by atoms with Crippen LogP contribution in [0.1, 0.15) is 6.42 Å². The second-order valence-electron chi connectivity index (χ2n) is 1.62. The summed E-state index contributed by atoms with van der Waals surface area (Å²) in [4.78, 5) is 20.0. The van der Waals surface area contributed by atoms with Crippen molar-refractivity contribution < 1.29 is 19.8 Å². The monoisotopic (exact) mass is 165 g/mol. The molecule has 0 amide bonds. The van der Waals surface area contributed by atoms with Crippen LogP contribution in [0, 0.1) is 0 Å². The van der Waals surface area contributed by atoms with Crippen molar-refractivity contribution in [3.63, 3.8) is 0 Å². The summed E-state index contributed by atoms with van der Waals surface area (Å²) in [6.45, 7) is 0. The molecule has 1 atom stereocenters. The van der Waals surface area contributed by atoms with E-state index in [0.29, 0.717) is 0 Å². The molecule has 0 rings (SSSR count). The van der Waals surface area contributed by atoms with Crippen LogP contribution in [-0.4, -0.2) is 28.2 Å². The molecule has 0 bridgehead atoms. The molecule has 0 radical (unpaired) electrons. The lowest BCUT2D eigenvalue weighted by Gasteiger charge is -2.05. The number of thiol groups is 1. The summed E-state index contributed by atoms with van der Waals surface area (Å²) < 4.78 is 2.05. The van der Waals surface area contributed by atoms with E-state index in [2.05, 4.69) is 12.8 Å². The molecule has 0 aliphatic heterocycles. The molecule has 58 valence electrons. The molecule has 0 fully saturated rings. The van der Waals surface area contributed by atoms with Crippen LogP contribution >= 0.6 is 12.8 Å². The van der Waals surface area contributed by atoms with Gasteiger partial charge in [-0.2, -0.15) is 0 Å². The van der Waals surface area contributed by atoms with Gasteiger partial charge in [-0.1, -0.05) is 12.8 Å². The van der Waals surface area contributed by atoms with Crippen LogP contribution in [0.2, 0.25) is 0 Å². The third-order valence-electron chi connectivity index (χ3n) is 0.833. The maximum Gasteiger partial charge on any atom is 0.322 e. The van der Waals surface area contributed by atoms with Crippen LogP contribution in [0.15, 0.2) is 0 Å². The molecule has 10 heavy (non-hydrogen) atoms. The third kappa shape index (κ3) is 3.31. The Labute approximate surface area is 62.6 Å². The molecule has 0 aliphatic rings. The van der Waals surface area contributed by atoms with Gasteiger partial charge in [0.05, 0.1) is 6.42 Å². The average molecular weight is 165 g/mol. The number of rotatable bonds is 4. The first-order chi connectivity index (χ1) is 4.57. The molecule has 0 heterocycles. The standard InChI is InChI=1S/C4H7NO4S/c6-3(7)1-2(5-10)4(8)9/h2,5,10H,1H2,(H,6,7)(H,8,9)/t2-/m0/s1. The molecule has 0 aromatic heterocycles. The highest BCUT2D eigenvalue weighted by Crippen LogP contribution is 1.92. The topological polar surface area (TPSA) is 86.6 Å². The zero-order valence-corrected chi connectivity index (χ0v) is 5.84. The number of nitrogens with one attached hydrogen (secondary N) is 1. The van der Waals surface area contributed by atoms with Gasteiger partial charge in [0.25, 0.3) is 0 Å². The molecule has 0 unspecified atom stereocenters. The smallest absolute Gasteiger partial charge is 0.322 e. The fourth-order valence-electron chi connectivity index (χ4n) is 0.363. The van der Waals surface area contributed by atoms with E-state index in [4.69, 9.17) is 10.2 Å². The van der Waals surface area contributed by atoms with Crippen molar-refractivity contribution >= 4 is 24.8 Å². The Hall–Kier alpha value is -0.750. The number of aliphatic carboxylic acids is 2. The van der Waals surface area contributed by atoms with E-state index in [1.54, 1.807) is 0 Å². The lowest BCUT2D eigenvalue weighted by Crippen LogP contribution is -2.32. The Bertz CT molecular complexity index is 148. The van der Waals surface area contributed by atoms with Crippen molar-refractivity contribution in [2.75, 3.05) is 0 Å². The van der Waals surface area contributed by atoms with Gasteiger partial charge in [-0.3, -0.25) is 14.3 Å². The molecule has 0 aliphatic carbocycles. The zero-order chi connectivity index (χ0) is 8.15. The van der Waals surface area contributed by atoms with Gasteiger partial charge in [0, 0.05) is 0 Å². The summed E-state index contributed by atoms with van der Waals surface area (Å²) >= 11 is 3.44. The SMILES string of the molecule is O=C(O)C[C@H](NS)C(=O)O. The van der Waals surface area contributed by atoms with E-state index in [-0.39, 0.29) is 0 Å². The van der Waals surface area contributed by atoms with Gasteiger partial charge >= 0.3 is 11.9 Å². The molecule has 0 aromatic carbocycles. The van der Waals surface area contributed by atoms with Crippen molar-refractivity contribution in [3.05, 3.63) is 0 Å². The van der Waals surface area contributed by atoms with Crippen LogP contribution in [0.25, 0.3) is 0 Å². The molecule has 0 aromatic rings. The molecule has 0 saturated heterocycles. The maximum absolute atomic E-state index is 10.1. The largest absolute Gasteiger partial charge is 0.481 e. The fraction of sp³-hybridized carbons (Fsp3) is 0.500. The lowest BCUT2D eigenvalue weighted by atomic mass is 10.2. The Morgan fingerprint density at radius 3 is 2.10 bits per heavy atom. The van der Waals surface area contributed by atoms with E-state index in [0.717, 1.165) is 0 Å². The van der Waals surface area contributed by atoms with Gasteiger partial charge in [0.2, 0.25) is 0 Å². The summed E-state index contributed by atoms with van der Waals surface area (Å²) in [5, 5.41) is 16.4. The predicted molar refractivity (Wildman–Crippen MR) is 35.8 cm³/mol. The van der Waals surface area contributed by atoms with E-state index >= 15 is 0 Å². The average Bonchev–Trinajstić information content (AvgIpc) is 1.81. The molecule has 6 heteroatoms. The van der Waals surface area contributed by atoms with Crippen LogP contribution in [-0.2, 0) is 9.59 Å². The first kappa shape index (κ1) is 9.25. The van der Waals surface area contributed by atoms with Gasteiger partial charge in [-0.05, 0) is 0 Å². The first-order valence-electron chi connectivity index (χ1n) is 2.42. The van der Waals surface area contributed by atoms with Crippen molar-refractivity contribution in [1.82, 2.24) is 4.72 Å². The van der Waals surface area contributed by atoms with Crippen LogP contribution in [0.4, 0.5) is 0 Å². The first-order valence-corrected chi connectivity index (χ1v) is 2.87. The third-order valence-corrected chi connectivity index (χ3v) is 1.14. The quantitative estimate of drug-likeness (QED) is 0.416. The van der Waals surface area contributed by atoms with E-state index in [1.165, 1.54) is 0 Å². The van der Waals surface area contributed by atoms with E-state index < -0.39 is 24.4 Å². The fourth-order valence-corrected chi connectivity index (χ4v) is 0.565. The normalized spacial score (nSPS) is 12.5. The minimum atomic E-state index is -1.22. The van der Waals surface area contributed by atoms with Gasteiger partial charge in [-0.15, -0.1) is 0 Å². The summed E-state index contributed by atoms with van der Waals surface area (Å²) in [5.41, 5.74) is 0. The van der Waals surface area contributed by atoms with Gasteiger partial charge in [0.1, 0.15) is 6.04 Å². The predicted octanol–water partition coefficient (Wildman–Crippen LogP) is -0.651. The van der Waals surface area contributed by atoms with Crippen molar-refractivity contribution in [2.45, 2.75) is 12.5 Å². The van der Waals surface area contributed by atoms with Gasteiger partial charge in [0.15, 0.2) is 0 Å². The summed E-state index contributed by atoms with van der Waals surface area (Å²) in [5.74, 6) is -2.40. The molecule has 3 N–H and O–H groups in total. The lowest BCUT2D eigenvalue weighted by molar-refractivity contribution is -0.145. The minimum Gasteiger partial charge on any atom is -0.481 e. The van der Waals surface area contributed by atoms with Gasteiger partial charge < -0.3 is 10.2 Å². The van der Waals surface area contributed by atoms with Crippen LogP contribution in [0.3, 0.4) is 0 Å².